The van der Waals surface area contributed by atoms with Crippen molar-refractivity contribution in [1.82, 2.24) is 9.88 Å². The standard InChI is InChI=1S/C12H20N2O2S/c1-9(2)12-13-10(8-17-12)7-14(3)6-4-5-11(15)16/h8-9H,4-7H2,1-3H3,(H,15,16). The number of hydrogen-bond donors (Lipinski definition) is 1. The summed E-state index contributed by atoms with van der Waals surface area (Å²) in [5.74, 6) is -0.250. The molecule has 0 aromatic carbocycles. The molecule has 0 unspecified atom stereocenters. The van der Waals surface area contributed by atoms with Gasteiger partial charge in [-0.15, -0.1) is 11.3 Å². The molecular formula is C12H20N2O2S. The van der Waals surface area contributed by atoms with E-state index in [1.807, 2.05) is 7.05 Å². The Hall–Kier alpha value is -0.940. The molecule has 0 aliphatic rings. The van der Waals surface area contributed by atoms with E-state index in [9.17, 15) is 4.79 Å². The summed E-state index contributed by atoms with van der Waals surface area (Å²) in [5.41, 5.74) is 1.08. The first-order valence-corrected chi connectivity index (χ1v) is 6.71. The van der Waals surface area contributed by atoms with Gasteiger partial charge in [-0.1, -0.05) is 13.8 Å². The van der Waals surface area contributed by atoms with Crippen molar-refractivity contribution in [1.29, 1.82) is 0 Å². The van der Waals surface area contributed by atoms with E-state index < -0.39 is 5.97 Å². The molecule has 0 saturated carbocycles. The van der Waals surface area contributed by atoms with Crippen LogP contribution in [0.15, 0.2) is 5.38 Å². The predicted molar refractivity (Wildman–Crippen MR) is 69.4 cm³/mol. The van der Waals surface area contributed by atoms with Gasteiger partial charge in [-0.05, 0) is 20.0 Å². The van der Waals surface area contributed by atoms with Gasteiger partial charge in [0.15, 0.2) is 0 Å². The number of aliphatic carboxylic acids is 1. The van der Waals surface area contributed by atoms with E-state index in [0.29, 0.717) is 12.3 Å². The van der Waals surface area contributed by atoms with Gasteiger partial charge in [-0.2, -0.15) is 0 Å². The molecular weight excluding hydrogens is 236 g/mol. The van der Waals surface area contributed by atoms with Gasteiger partial charge in [-0.25, -0.2) is 4.98 Å². The van der Waals surface area contributed by atoms with Crippen LogP contribution < -0.4 is 0 Å². The van der Waals surface area contributed by atoms with Crippen LogP contribution in [-0.4, -0.2) is 34.6 Å². The Balaban J connectivity index is 2.34. The average Bonchev–Trinajstić information content (AvgIpc) is 2.65. The highest BCUT2D eigenvalue weighted by atomic mass is 32.1. The minimum Gasteiger partial charge on any atom is -0.481 e. The Morgan fingerprint density at radius 1 is 1.59 bits per heavy atom. The number of rotatable bonds is 7. The highest BCUT2D eigenvalue weighted by Gasteiger charge is 2.08. The number of nitrogens with zero attached hydrogens (tertiary/aromatic N) is 2. The molecule has 0 aliphatic carbocycles. The van der Waals surface area contributed by atoms with Gasteiger partial charge in [0.05, 0.1) is 10.7 Å². The maximum Gasteiger partial charge on any atom is 0.303 e. The van der Waals surface area contributed by atoms with Crippen LogP contribution in [0.4, 0.5) is 0 Å². The van der Waals surface area contributed by atoms with Crippen molar-refractivity contribution in [2.24, 2.45) is 0 Å². The van der Waals surface area contributed by atoms with E-state index in [0.717, 1.165) is 18.8 Å². The van der Waals surface area contributed by atoms with Crippen molar-refractivity contribution < 1.29 is 9.90 Å². The Bertz CT molecular complexity index is 363. The first-order chi connectivity index (χ1) is 7.99. The molecule has 0 spiro atoms. The summed E-state index contributed by atoms with van der Waals surface area (Å²) in [4.78, 5) is 17.1. The van der Waals surface area contributed by atoms with E-state index in [1.165, 1.54) is 5.01 Å². The molecule has 96 valence electrons. The lowest BCUT2D eigenvalue weighted by Gasteiger charge is -2.14. The van der Waals surface area contributed by atoms with E-state index in [4.69, 9.17) is 5.11 Å². The number of thiazole rings is 1. The minimum atomic E-state index is -0.728. The lowest BCUT2D eigenvalue weighted by Crippen LogP contribution is -2.20. The molecule has 0 amide bonds. The van der Waals surface area contributed by atoms with Crippen LogP contribution in [0.25, 0.3) is 0 Å². The molecule has 1 heterocycles. The fourth-order valence-electron chi connectivity index (χ4n) is 1.52. The summed E-state index contributed by atoms with van der Waals surface area (Å²) in [7, 11) is 2.00. The van der Waals surface area contributed by atoms with Gasteiger partial charge in [-0.3, -0.25) is 4.79 Å². The quantitative estimate of drug-likeness (QED) is 0.814. The lowest BCUT2D eigenvalue weighted by molar-refractivity contribution is -0.137. The third-order valence-corrected chi connectivity index (χ3v) is 3.62. The van der Waals surface area contributed by atoms with Gasteiger partial charge >= 0.3 is 5.97 Å². The van der Waals surface area contributed by atoms with Gasteiger partial charge in [0, 0.05) is 24.3 Å². The van der Waals surface area contributed by atoms with Crippen LogP contribution in [0.5, 0.6) is 0 Å². The summed E-state index contributed by atoms with van der Waals surface area (Å²) < 4.78 is 0. The Morgan fingerprint density at radius 2 is 2.29 bits per heavy atom. The van der Waals surface area contributed by atoms with Crippen LogP contribution >= 0.6 is 11.3 Å². The molecule has 0 bridgehead atoms. The first kappa shape index (κ1) is 14.1. The van der Waals surface area contributed by atoms with Crippen LogP contribution in [0, 0.1) is 0 Å². The van der Waals surface area contributed by atoms with Crippen LogP contribution in [0.2, 0.25) is 0 Å². The van der Waals surface area contributed by atoms with E-state index in [2.05, 4.69) is 29.1 Å². The van der Waals surface area contributed by atoms with E-state index in [-0.39, 0.29) is 6.42 Å². The second-order valence-electron chi connectivity index (χ2n) is 4.57. The van der Waals surface area contributed by atoms with Crippen molar-refractivity contribution in [3.63, 3.8) is 0 Å². The Labute approximate surface area is 106 Å². The fraction of sp³-hybridized carbons (Fsp3) is 0.667. The number of carboxylic acid groups (broad SMARTS) is 1. The topological polar surface area (TPSA) is 53.4 Å². The molecule has 1 N–H and O–H groups in total. The largest absolute Gasteiger partial charge is 0.481 e. The zero-order valence-electron chi connectivity index (χ0n) is 10.6. The van der Waals surface area contributed by atoms with Gasteiger partial charge in [0.2, 0.25) is 0 Å². The second kappa shape index (κ2) is 6.71. The van der Waals surface area contributed by atoms with Crippen molar-refractivity contribution in [2.45, 2.75) is 39.2 Å². The van der Waals surface area contributed by atoms with Gasteiger partial charge in [0.25, 0.3) is 0 Å². The van der Waals surface area contributed by atoms with E-state index in [1.54, 1.807) is 11.3 Å². The lowest BCUT2D eigenvalue weighted by atomic mass is 10.2. The monoisotopic (exact) mass is 256 g/mol. The maximum absolute atomic E-state index is 10.4. The molecule has 1 aromatic rings. The number of carbonyl (C=O) groups is 1. The number of carboxylic acids is 1. The molecule has 1 aromatic heterocycles. The Morgan fingerprint density at radius 3 is 2.82 bits per heavy atom. The molecule has 0 radical (unpaired) electrons. The zero-order valence-corrected chi connectivity index (χ0v) is 11.5. The van der Waals surface area contributed by atoms with Gasteiger partial charge in [0.1, 0.15) is 0 Å². The molecule has 5 heteroatoms. The normalized spacial score (nSPS) is 11.4. The van der Waals surface area contributed by atoms with Crippen LogP contribution in [0.3, 0.4) is 0 Å². The third-order valence-electron chi connectivity index (χ3n) is 2.43. The summed E-state index contributed by atoms with van der Waals surface area (Å²) >= 11 is 1.70. The van der Waals surface area contributed by atoms with E-state index >= 15 is 0 Å². The molecule has 0 fully saturated rings. The molecule has 1 rings (SSSR count). The summed E-state index contributed by atoms with van der Waals surface area (Å²) in [6.45, 7) is 5.86. The highest BCUT2D eigenvalue weighted by Crippen LogP contribution is 2.19. The average molecular weight is 256 g/mol. The molecule has 0 aliphatic heterocycles. The van der Waals surface area contributed by atoms with Gasteiger partial charge < -0.3 is 10.0 Å². The summed E-state index contributed by atoms with van der Waals surface area (Å²) in [6.07, 6.45) is 0.922. The van der Waals surface area contributed by atoms with Crippen molar-refractivity contribution in [3.05, 3.63) is 16.1 Å². The fourth-order valence-corrected chi connectivity index (χ4v) is 2.34. The molecule has 17 heavy (non-hydrogen) atoms. The SMILES string of the molecule is CC(C)c1nc(CN(C)CCCC(=O)O)cs1. The zero-order chi connectivity index (χ0) is 12.8. The molecule has 0 atom stereocenters. The minimum absolute atomic E-state index is 0.235. The highest BCUT2D eigenvalue weighted by molar-refractivity contribution is 7.09. The Kier molecular flexibility index (Phi) is 5.58. The second-order valence-corrected chi connectivity index (χ2v) is 5.46. The van der Waals surface area contributed by atoms with Crippen LogP contribution in [0.1, 0.15) is 43.3 Å². The number of aromatic nitrogens is 1. The third kappa shape index (κ3) is 5.28. The predicted octanol–water partition coefficient (Wildman–Crippen LogP) is 2.56. The van der Waals surface area contributed by atoms with Crippen molar-refractivity contribution in [3.8, 4) is 0 Å². The van der Waals surface area contributed by atoms with Crippen LogP contribution in [-0.2, 0) is 11.3 Å². The first-order valence-electron chi connectivity index (χ1n) is 5.83. The molecule has 0 saturated heterocycles. The smallest absolute Gasteiger partial charge is 0.303 e. The summed E-state index contributed by atoms with van der Waals surface area (Å²) in [5, 5.41) is 11.8. The van der Waals surface area contributed by atoms with Crippen molar-refractivity contribution in [2.75, 3.05) is 13.6 Å². The number of hydrogen-bond acceptors (Lipinski definition) is 4. The summed E-state index contributed by atoms with van der Waals surface area (Å²) in [6, 6.07) is 0. The molecule has 4 nitrogen and oxygen atoms in total. The maximum atomic E-state index is 10.4. The van der Waals surface area contributed by atoms with Crippen molar-refractivity contribution >= 4 is 17.3 Å².